The van der Waals surface area contributed by atoms with Crippen molar-refractivity contribution in [3.63, 3.8) is 0 Å². The van der Waals surface area contributed by atoms with Crippen LogP contribution in [-0.2, 0) is 6.42 Å². The van der Waals surface area contributed by atoms with E-state index in [-0.39, 0.29) is 24.6 Å². The van der Waals surface area contributed by atoms with Gasteiger partial charge in [0.2, 0.25) is 0 Å². The fraction of sp³-hybridized carbons (Fsp3) is 0.562. The molecule has 0 spiro atoms. The Balaban J connectivity index is 2.40. The van der Waals surface area contributed by atoms with Crippen LogP contribution in [0, 0.1) is 5.92 Å². The predicted octanol–water partition coefficient (Wildman–Crippen LogP) is 2.63. The molecular formula is C16H26N2O2. The fourth-order valence-corrected chi connectivity index (χ4v) is 1.96. The van der Waals surface area contributed by atoms with Gasteiger partial charge in [-0.05, 0) is 36.8 Å². The zero-order chi connectivity index (χ0) is 15.0. The van der Waals surface area contributed by atoms with Crippen LogP contribution < -0.4 is 10.6 Å². The smallest absolute Gasteiger partial charge is 0.315 e. The highest BCUT2D eigenvalue weighted by molar-refractivity contribution is 5.74. The van der Waals surface area contributed by atoms with Crippen molar-refractivity contribution in [2.45, 2.75) is 39.7 Å². The Morgan fingerprint density at radius 1 is 1.25 bits per heavy atom. The highest BCUT2D eigenvalue weighted by atomic mass is 16.3. The minimum atomic E-state index is -0.165. The second-order valence-electron chi connectivity index (χ2n) is 5.29. The van der Waals surface area contributed by atoms with Gasteiger partial charge in [0, 0.05) is 13.2 Å². The van der Waals surface area contributed by atoms with Crippen LogP contribution in [0.3, 0.4) is 0 Å². The summed E-state index contributed by atoms with van der Waals surface area (Å²) in [6.07, 6.45) is 1.72. The summed E-state index contributed by atoms with van der Waals surface area (Å²) in [5.41, 5.74) is 2.39. The van der Waals surface area contributed by atoms with E-state index in [1.165, 1.54) is 5.56 Å². The average molecular weight is 278 g/mol. The third kappa shape index (κ3) is 5.61. The lowest BCUT2D eigenvalue weighted by molar-refractivity contribution is 0.231. The number of hydrogen-bond donors (Lipinski definition) is 3. The molecule has 0 saturated carbocycles. The highest BCUT2D eigenvalue weighted by Gasteiger charge is 2.10. The van der Waals surface area contributed by atoms with Gasteiger partial charge in [-0.3, -0.25) is 0 Å². The van der Waals surface area contributed by atoms with Crippen LogP contribution in [0.15, 0.2) is 24.3 Å². The van der Waals surface area contributed by atoms with Gasteiger partial charge in [-0.2, -0.15) is 0 Å². The van der Waals surface area contributed by atoms with E-state index < -0.39 is 0 Å². The molecule has 1 aromatic carbocycles. The molecule has 3 N–H and O–H groups in total. The van der Waals surface area contributed by atoms with Gasteiger partial charge in [-0.1, -0.05) is 38.1 Å². The number of nitrogens with one attached hydrogen (secondary N) is 2. The molecule has 0 bridgehead atoms. The Morgan fingerprint density at radius 2 is 1.90 bits per heavy atom. The quantitative estimate of drug-likeness (QED) is 0.718. The lowest BCUT2D eigenvalue weighted by Gasteiger charge is -2.17. The maximum Gasteiger partial charge on any atom is 0.315 e. The Labute approximate surface area is 121 Å². The van der Waals surface area contributed by atoms with Crippen molar-refractivity contribution in [2.24, 2.45) is 5.92 Å². The minimum absolute atomic E-state index is 0.0194. The largest absolute Gasteiger partial charge is 0.396 e. The monoisotopic (exact) mass is 278 g/mol. The number of aliphatic hydroxyl groups is 1. The molecule has 2 atom stereocenters. The van der Waals surface area contributed by atoms with Crippen molar-refractivity contribution < 1.29 is 9.90 Å². The van der Waals surface area contributed by atoms with Crippen molar-refractivity contribution in [1.82, 2.24) is 10.6 Å². The molecule has 1 rings (SSSR count). The number of carbonyl (C=O) groups is 1. The number of aliphatic hydroxyl groups excluding tert-OH is 1. The van der Waals surface area contributed by atoms with E-state index in [2.05, 4.69) is 41.8 Å². The molecule has 4 heteroatoms. The first kappa shape index (κ1) is 16.5. The van der Waals surface area contributed by atoms with E-state index in [1.807, 2.05) is 13.8 Å². The summed E-state index contributed by atoms with van der Waals surface area (Å²) in [5.74, 6) is 0.282. The molecule has 2 unspecified atom stereocenters. The number of hydrogen-bond acceptors (Lipinski definition) is 2. The molecule has 112 valence electrons. The normalized spacial score (nSPS) is 13.6. The van der Waals surface area contributed by atoms with Gasteiger partial charge < -0.3 is 15.7 Å². The van der Waals surface area contributed by atoms with Gasteiger partial charge in [0.05, 0.1) is 6.04 Å². The van der Waals surface area contributed by atoms with E-state index in [4.69, 9.17) is 5.11 Å². The molecule has 0 aromatic heterocycles. The summed E-state index contributed by atoms with van der Waals surface area (Å²) < 4.78 is 0. The Hall–Kier alpha value is -1.55. The first-order chi connectivity index (χ1) is 9.56. The molecule has 0 aliphatic heterocycles. The SMILES string of the molecule is CCc1ccc(C(C)NC(=O)NCC(C)CCO)cc1. The third-order valence-corrected chi connectivity index (χ3v) is 3.47. The van der Waals surface area contributed by atoms with E-state index in [1.54, 1.807) is 0 Å². The third-order valence-electron chi connectivity index (χ3n) is 3.47. The van der Waals surface area contributed by atoms with Crippen LogP contribution in [0.5, 0.6) is 0 Å². The van der Waals surface area contributed by atoms with Crippen molar-refractivity contribution in [1.29, 1.82) is 0 Å². The van der Waals surface area contributed by atoms with Crippen LogP contribution in [-0.4, -0.2) is 24.3 Å². The first-order valence-electron chi connectivity index (χ1n) is 7.30. The summed E-state index contributed by atoms with van der Waals surface area (Å²) in [6.45, 7) is 6.83. The average Bonchev–Trinajstić information content (AvgIpc) is 2.45. The zero-order valence-corrected chi connectivity index (χ0v) is 12.6. The molecule has 2 amide bonds. The molecule has 0 saturated heterocycles. The lowest BCUT2D eigenvalue weighted by atomic mass is 10.1. The van der Waals surface area contributed by atoms with Crippen molar-refractivity contribution >= 4 is 6.03 Å². The number of rotatable bonds is 7. The Kier molecular flexibility index (Phi) is 7.09. The predicted molar refractivity (Wildman–Crippen MR) is 81.6 cm³/mol. The Bertz CT molecular complexity index is 403. The van der Waals surface area contributed by atoms with Gasteiger partial charge >= 0.3 is 6.03 Å². The number of aryl methyl sites for hydroxylation is 1. The van der Waals surface area contributed by atoms with Crippen molar-refractivity contribution in [3.8, 4) is 0 Å². The maximum atomic E-state index is 11.8. The summed E-state index contributed by atoms with van der Waals surface area (Å²) in [6, 6.07) is 8.11. The molecule has 4 nitrogen and oxygen atoms in total. The Morgan fingerprint density at radius 3 is 2.45 bits per heavy atom. The molecule has 0 fully saturated rings. The van der Waals surface area contributed by atoms with E-state index in [0.717, 1.165) is 12.0 Å². The standard InChI is InChI=1S/C16H26N2O2/c1-4-14-5-7-15(8-6-14)13(3)18-16(20)17-11-12(2)9-10-19/h5-8,12-13,19H,4,9-11H2,1-3H3,(H2,17,18,20). The maximum absolute atomic E-state index is 11.8. The molecule has 0 aliphatic rings. The van der Waals surface area contributed by atoms with E-state index in [0.29, 0.717) is 13.0 Å². The van der Waals surface area contributed by atoms with Gasteiger partial charge in [-0.25, -0.2) is 4.79 Å². The number of carbonyl (C=O) groups excluding carboxylic acids is 1. The van der Waals surface area contributed by atoms with Gasteiger partial charge in [0.25, 0.3) is 0 Å². The summed E-state index contributed by atoms with van der Waals surface area (Å²) in [4.78, 5) is 11.8. The van der Waals surface area contributed by atoms with Gasteiger partial charge in [0.1, 0.15) is 0 Å². The summed E-state index contributed by atoms with van der Waals surface area (Å²) >= 11 is 0. The van der Waals surface area contributed by atoms with Crippen LogP contribution in [0.4, 0.5) is 4.79 Å². The number of benzene rings is 1. The molecule has 0 heterocycles. The van der Waals surface area contributed by atoms with Gasteiger partial charge in [0.15, 0.2) is 0 Å². The molecular weight excluding hydrogens is 252 g/mol. The second-order valence-corrected chi connectivity index (χ2v) is 5.29. The second kappa shape index (κ2) is 8.59. The number of urea groups is 1. The first-order valence-corrected chi connectivity index (χ1v) is 7.30. The summed E-state index contributed by atoms with van der Waals surface area (Å²) in [5, 5.41) is 14.6. The fourth-order valence-electron chi connectivity index (χ4n) is 1.96. The minimum Gasteiger partial charge on any atom is -0.396 e. The van der Waals surface area contributed by atoms with Gasteiger partial charge in [-0.15, -0.1) is 0 Å². The van der Waals surface area contributed by atoms with Crippen molar-refractivity contribution in [3.05, 3.63) is 35.4 Å². The summed E-state index contributed by atoms with van der Waals surface area (Å²) in [7, 11) is 0. The van der Waals surface area contributed by atoms with Crippen LogP contribution in [0.2, 0.25) is 0 Å². The molecule has 0 radical (unpaired) electrons. The van der Waals surface area contributed by atoms with Crippen LogP contribution in [0.1, 0.15) is 44.4 Å². The molecule has 1 aromatic rings. The van der Waals surface area contributed by atoms with E-state index >= 15 is 0 Å². The van der Waals surface area contributed by atoms with Crippen molar-refractivity contribution in [2.75, 3.05) is 13.2 Å². The lowest BCUT2D eigenvalue weighted by Crippen LogP contribution is -2.39. The topological polar surface area (TPSA) is 61.4 Å². The molecule has 0 aliphatic carbocycles. The van der Waals surface area contributed by atoms with Crippen LogP contribution in [0.25, 0.3) is 0 Å². The highest BCUT2D eigenvalue weighted by Crippen LogP contribution is 2.13. The molecule has 20 heavy (non-hydrogen) atoms. The van der Waals surface area contributed by atoms with Crippen LogP contribution >= 0.6 is 0 Å². The number of amides is 2. The zero-order valence-electron chi connectivity index (χ0n) is 12.6. The van der Waals surface area contributed by atoms with E-state index in [9.17, 15) is 4.79 Å².